The Kier molecular flexibility index (Phi) is 3.33. The molecule has 78 valence electrons. The molecule has 0 aliphatic rings. The monoisotopic (exact) mass is 196 g/mol. The van der Waals surface area contributed by atoms with Crippen LogP contribution in [0.25, 0.3) is 0 Å². The SMILES string of the molecule is COc1cc(C(N)CN)c(C)cc1O. The van der Waals surface area contributed by atoms with Crippen LogP contribution in [0.1, 0.15) is 17.2 Å². The fourth-order valence-corrected chi connectivity index (χ4v) is 1.38. The third-order valence-corrected chi connectivity index (χ3v) is 2.22. The van der Waals surface area contributed by atoms with Crippen molar-refractivity contribution in [3.63, 3.8) is 0 Å². The number of hydrogen-bond acceptors (Lipinski definition) is 4. The number of phenolic OH excluding ortho intramolecular Hbond substituents is 1. The second-order valence-electron chi connectivity index (χ2n) is 3.22. The van der Waals surface area contributed by atoms with Gasteiger partial charge in [-0.1, -0.05) is 0 Å². The molecule has 0 saturated heterocycles. The van der Waals surface area contributed by atoms with Crippen LogP contribution in [-0.2, 0) is 0 Å². The van der Waals surface area contributed by atoms with Crippen LogP contribution >= 0.6 is 0 Å². The number of methoxy groups -OCH3 is 1. The highest BCUT2D eigenvalue weighted by molar-refractivity contribution is 5.47. The number of nitrogens with two attached hydrogens (primary N) is 2. The van der Waals surface area contributed by atoms with Crippen LogP contribution in [-0.4, -0.2) is 18.8 Å². The summed E-state index contributed by atoms with van der Waals surface area (Å²) in [5.74, 6) is 0.549. The van der Waals surface area contributed by atoms with Crippen molar-refractivity contribution in [2.24, 2.45) is 11.5 Å². The zero-order valence-electron chi connectivity index (χ0n) is 8.45. The zero-order valence-corrected chi connectivity index (χ0v) is 8.45. The van der Waals surface area contributed by atoms with E-state index in [4.69, 9.17) is 16.2 Å². The Hall–Kier alpha value is -1.26. The number of ether oxygens (including phenoxy) is 1. The molecule has 0 aromatic heterocycles. The highest BCUT2D eigenvalue weighted by atomic mass is 16.5. The van der Waals surface area contributed by atoms with Gasteiger partial charge in [0.2, 0.25) is 0 Å². The van der Waals surface area contributed by atoms with Crippen LogP contribution in [0.4, 0.5) is 0 Å². The standard InChI is InChI=1S/C10H16N2O2/c1-6-3-9(13)10(14-2)4-7(6)8(12)5-11/h3-4,8,13H,5,11-12H2,1-2H3. The normalized spacial score (nSPS) is 12.6. The van der Waals surface area contributed by atoms with Gasteiger partial charge in [-0.05, 0) is 30.2 Å². The maximum Gasteiger partial charge on any atom is 0.160 e. The summed E-state index contributed by atoms with van der Waals surface area (Å²) in [5.41, 5.74) is 13.1. The molecule has 4 heteroatoms. The fourth-order valence-electron chi connectivity index (χ4n) is 1.38. The van der Waals surface area contributed by atoms with Crippen molar-refractivity contribution < 1.29 is 9.84 Å². The molecule has 0 amide bonds. The van der Waals surface area contributed by atoms with E-state index in [2.05, 4.69) is 0 Å². The van der Waals surface area contributed by atoms with Crippen LogP contribution in [0, 0.1) is 6.92 Å². The van der Waals surface area contributed by atoms with Crippen LogP contribution in [0.3, 0.4) is 0 Å². The lowest BCUT2D eigenvalue weighted by atomic mass is 10.0. The van der Waals surface area contributed by atoms with Crippen molar-refractivity contribution in [2.75, 3.05) is 13.7 Å². The minimum atomic E-state index is -0.218. The van der Waals surface area contributed by atoms with E-state index in [1.165, 1.54) is 7.11 Å². The molecule has 1 rings (SSSR count). The number of aryl methyl sites for hydroxylation is 1. The van der Waals surface area contributed by atoms with Gasteiger partial charge in [0.05, 0.1) is 7.11 Å². The predicted octanol–water partition coefficient (Wildman–Crippen LogP) is 0.668. The Balaban J connectivity index is 3.17. The average molecular weight is 196 g/mol. The maximum absolute atomic E-state index is 9.47. The molecule has 0 aliphatic heterocycles. The maximum atomic E-state index is 9.47. The molecule has 1 atom stereocenters. The summed E-state index contributed by atoms with van der Waals surface area (Å²) in [5, 5.41) is 9.47. The van der Waals surface area contributed by atoms with E-state index in [0.717, 1.165) is 11.1 Å². The van der Waals surface area contributed by atoms with Crippen molar-refractivity contribution in [3.05, 3.63) is 23.3 Å². The number of hydrogen-bond donors (Lipinski definition) is 3. The first-order chi connectivity index (χ1) is 6.60. The first-order valence-corrected chi connectivity index (χ1v) is 4.43. The van der Waals surface area contributed by atoms with E-state index in [-0.39, 0.29) is 11.8 Å². The van der Waals surface area contributed by atoms with E-state index in [1.54, 1.807) is 12.1 Å². The van der Waals surface area contributed by atoms with Crippen molar-refractivity contribution >= 4 is 0 Å². The zero-order chi connectivity index (χ0) is 10.7. The van der Waals surface area contributed by atoms with Gasteiger partial charge in [-0.2, -0.15) is 0 Å². The van der Waals surface area contributed by atoms with Gasteiger partial charge >= 0.3 is 0 Å². The Bertz CT molecular complexity index is 326. The van der Waals surface area contributed by atoms with E-state index < -0.39 is 0 Å². The number of rotatable bonds is 3. The topological polar surface area (TPSA) is 81.5 Å². The summed E-state index contributed by atoms with van der Waals surface area (Å²) in [6.45, 7) is 2.25. The summed E-state index contributed by atoms with van der Waals surface area (Å²) in [6.07, 6.45) is 0. The van der Waals surface area contributed by atoms with E-state index in [0.29, 0.717) is 12.3 Å². The molecule has 14 heavy (non-hydrogen) atoms. The summed E-state index contributed by atoms with van der Waals surface area (Å²) in [7, 11) is 1.50. The van der Waals surface area contributed by atoms with Gasteiger partial charge in [0.1, 0.15) is 0 Å². The number of aromatic hydroxyl groups is 1. The van der Waals surface area contributed by atoms with Gasteiger partial charge < -0.3 is 21.3 Å². The summed E-state index contributed by atoms with van der Waals surface area (Å²) >= 11 is 0. The quantitative estimate of drug-likeness (QED) is 0.663. The van der Waals surface area contributed by atoms with Crippen molar-refractivity contribution in [1.82, 2.24) is 0 Å². The Morgan fingerprint density at radius 3 is 2.64 bits per heavy atom. The third-order valence-electron chi connectivity index (χ3n) is 2.22. The molecule has 1 aromatic rings. The lowest BCUT2D eigenvalue weighted by Crippen LogP contribution is -2.21. The van der Waals surface area contributed by atoms with Gasteiger partial charge in [-0.25, -0.2) is 0 Å². The summed E-state index contributed by atoms with van der Waals surface area (Å²) < 4.78 is 4.99. The van der Waals surface area contributed by atoms with Gasteiger partial charge in [-0.3, -0.25) is 0 Å². The molecule has 1 unspecified atom stereocenters. The molecule has 0 spiro atoms. The largest absolute Gasteiger partial charge is 0.504 e. The molecule has 0 bridgehead atoms. The molecule has 0 aliphatic carbocycles. The molecule has 1 aromatic carbocycles. The van der Waals surface area contributed by atoms with Crippen molar-refractivity contribution in [3.8, 4) is 11.5 Å². The van der Waals surface area contributed by atoms with E-state index in [9.17, 15) is 5.11 Å². The highest BCUT2D eigenvalue weighted by Gasteiger charge is 2.11. The predicted molar refractivity (Wildman–Crippen MR) is 55.4 cm³/mol. The minimum absolute atomic E-state index is 0.123. The Morgan fingerprint density at radius 2 is 2.14 bits per heavy atom. The van der Waals surface area contributed by atoms with Crippen LogP contribution < -0.4 is 16.2 Å². The second-order valence-corrected chi connectivity index (χ2v) is 3.22. The van der Waals surface area contributed by atoms with Crippen molar-refractivity contribution in [1.29, 1.82) is 0 Å². The molecule has 0 radical (unpaired) electrons. The van der Waals surface area contributed by atoms with Gasteiger partial charge in [0.15, 0.2) is 11.5 Å². The average Bonchev–Trinajstić information content (AvgIpc) is 2.17. The highest BCUT2D eigenvalue weighted by Crippen LogP contribution is 2.30. The van der Waals surface area contributed by atoms with Crippen LogP contribution in [0.15, 0.2) is 12.1 Å². The van der Waals surface area contributed by atoms with Gasteiger partial charge in [-0.15, -0.1) is 0 Å². The van der Waals surface area contributed by atoms with Gasteiger partial charge in [0.25, 0.3) is 0 Å². The van der Waals surface area contributed by atoms with Crippen molar-refractivity contribution in [2.45, 2.75) is 13.0 Å². The van der Waals surface area contributed by atoms with Crippen LogP contribution in [0.2, 0.25) is 0 Å². The third kappa shape index (κ3) is 1.97. The first-order valence-electron chi connectivity index (χ1n) is 4.43. The number of benzene rings is 1. The molecular formula is C10H16N2O2. The molecule has 5 N–H and O–H groups in total. The second kappa shape index (κ2) is 4.30. The van der Waals surface area contributed by atoms with E-state index in [1.807, 2.05) is 6.92 Å². The molecule has 4 nitrogen and oxygen atoms in total. The lowest BCUT2D eigenvalue weighted by Gasteiger charge is -2.14. The lowest BCUT2D eigenvalue weighted by molar-refractivity contribution is 0.372. The summed E-state index contributed by atoms with van der Waals surface area (Å²) in [4.78, 5) is 0. The van der Waals surface area contributed by atoms with E-state index >= 15 is 0 Å². The molecule has 0 fully saturated rings. The molecule has 0 saturated carbocycles. The Morgan fingerprint density at radius 1 is 1.50 bits per heavy atom. The van der Waals surface area contributed by atoms with Gasteiger partial charge in [0, 0.05) is 12.6 Å². The Labute approximate surface area is 83.5 Å². The smallest absolute Gasteiger partial charge is 0.160 e. The fraction of sp³-hybridized carbons (Fsp3) is 0.400. The number of phenols is 1. The first kappa shape index (κ1) is 10.8. The van der Waals surface area contributed by atoms with Crippen LogP contribution in [0.5, 0.6) is 11.5 Å². The summed E-state index contributed by atoms with van der Waals surface area (Å²) in [6, 6.07) is 3.13. The minimum Gasteiger partial charge on any atom is -0.504 e. The molecular weight excluding hydrogens is 180 g/mol. The molecule has 0 heterocycles.